The molecule has 1 aromatic rings. The molecular formula is C29H43N3O10Si. The van der Waals surface area contributed by atoms with Crippen LogP contribution in [-0.2, 0) is 33.0 Å². The first-order valence-corrected chi connectivity index (χ1v) is 16.8. The largest absolute Gasteiger partial charge is 0.456 e. The number of rotatable bonds is 12. The third kappa shape index (κ3) is 9.02. The Bertz CT molecular complexity index is 1240. The number of amides is 2. The predicted molar refractivity (Wildman–Crippen MR) is 159 cm³/mol. The summed E-state index contributed by atoms with van der Waals surface area (Å²) in [7, 11) is -1.10. The second-order valence-electron chi connectivity index (χ2n) is 12.0. The molecule has 1 aliphatic rings. The van der Waals surface area contributed by atoms with Gasteiger partial charge >= 0.3 is 5.97 Å². The topological polar surface area (TPSA) is 164 Å². The number of likely N-dealkylation sites (N-methyl/N-ethyl adjacent to an activating group) is 1. The zero-order chi connectivity index (χ0) is 32.9. The molecule has 1 aromatic carbocycles. The van der Waals surface area contributed by atoms with Crippen LogP contribution in [0.4, 0.5) is 5.69 Å². The van der Waals surface area contributed by atoms with Gasteiger partial charge < -0.3 is 24.0 Å². The Hall–Kier alpha value is -3.46. The standard InChI is InChI=1S/C29H43N3O10Si/c1-17(18(2)33)15-31(20(4)34)27-26(39-16-23(35)30-8)25(42-43(9,10)29(5,6)7)24(41-27)19(3)40-28(36)21-11-13-22(14-12-21)32(37)38/h11-15,19,24-27H,16H2,1-10H3,(H,30,35)/b17-15-/t19-,24+,25+,26+,27+/m0/s1. The van der Waals surface area contributed by atoms with E-state index >= 15 is 0 Å². The Labute approximate surface area is 253 Å². The number of carbonyl (C=O) groups is 4. The summed E-state index contributed by atoms with van der Waals surface area (Å²) in [6.07, 6.45) is -3.62. The van der Waals surface area contributed by atoms with Crippen molar-refractivity contribution in [1.29, 1.82) is 0 Å². The number of ketones is 1. The Morgan fingerprint density at radius 3 is 2.16 bits per heavy atom. The zero-order valence-corrected chi connectivity index (χ0v) is 27.5. The number of nitro groups is 1. The van der Waals surface area contributed by atoms with Crippen LogP contribution in [0.15, 0.2) is 36.0 Å². The van der Waals surface area contributed by atoms with Crippen molar-refractivity contribution in [1.82, 2.24) is 10.2 Å². The van der Waals surface area contributed by atoms with Gasteiger partial charge in [0.2, 0.25) is 11.8 Å². The Morgan fingerprint density at radius 2 is 1.70 bits per heavy atom. The van der Waals surface area contributed by atoms with Crippen LogP contribution in [0.1, 0.15) is 58.8 Å². The fourth-order valence-corrected chi connectivity index (χ4v) is 5.31. The van der Waals surface area contributed by atoms with Gasteiger partial charge in [-0.1, -0.05) is 20.8 Å². The van der Waals surface area contributed by atoms with E-state index in [1.165, 1.54) is 56.3 Å². The van der Waals surface area contributed by atoms with Gasteiger partial charge in [0.15, 0.2) is 20.3 Å². The normalized spacial score (nSPS) is 21.6. The minimum Gasteiger partial charge on any atom is -0.456 e. The molecule has 13 nitrogen and oxygen atoms in total. The highest BCUT2D eigenvalue weighted by Crippen LogP contribution is 2.41. The SMILES string of the molecule is CNC(=O)CO[C@@H]1[C@H](O[Si](C)(C)C(C)(C)C)[C@@H]([C@H](C)OC(=O)c2ccc([N+](=O)[O-])cc2)O[C@H]1N(/C=C(/C)C(C)=O)C(C)=O. The van der Waals surface area contributed by atoms with Crippen molar-refractivity contribution < 1.29 is 42.7 Å². The summed E-state index contributed by atoms with van der Waals surface area (Å²) in [4.78, 5) is 61.9. The molecule has 0 radical (unpaired) electrons. The van der Waals surface area contributed by atoms with Gasteiger partial charge in [0.25, 0.3) is 5.69 Å². The van der Waals surface area contributed by atoms with E-state index in [1.807, 2.05) is 33.9 Å². The number of non-ortho nitro benzene ring substituents is 1. The summed E-state index contributed by atoms with van der Waals surface area (Å²) in [6.45, 7) is 15.6. The maximum absolute atomic E-state index is 13.0. The number of allylic oxidation sites excluding steroid dienone is 1. The highest BCUT2D eigenvalue weighted by molar-refractivity contribution is 6.74. The Kier molecular flexibility index (Phi) is 11.9. The van der Waals surface area contributed by atoms with Gasteiger partial charge in [-0.05, 0) is 51.0 Å². The van der Waals surface area contributed by atoms with Crippen molar-refractivity contribution in [3.63, 3.8) is 0 Å². The average molecular weight is 622 g/mol. The predicted octanol–water partition coefficient (Wildman–Crippen LogP) is 3.73. The summed E-state index contributed by atoms with van der Waals surface area (Å²) in [5.74, 6) is -1.89. The van der Waals surface area contributed by atoms with Gasteiger partial charge in [0.05, 0.1) is 10.5 Å². The summed E-state index contributed by atoms with van der Waals surface area (Å²) in [5.41, 5.74) is 0.196. The first-order chi connectivity index (χ1) is 19.8. The molecule has 0 unspecified atom stereocenters. The molecule has 1 saturated heterocycles. The fourth-order valence-electron chi connectivity index (χ4n) is 4.01. The number of nitrogens with zero attached hydrogens (tertiary/aromatic N) is 2. The van der Waals surface area contributed by atoms with E-state index in [9.17, 15) is 29.3 Å². The number of Topliss-reactive ketones (excluding diaryl/α,β-unsaturated/α-hetero) is 1. The first kappa shape index (κ1) is 35.7. The van der Waals surface area contributed by atoms with Gasteiger partial charge in [-0.3, -0.25) is 29.4 Å². The summed E-state index contributed by atoms with van der Waals surface area (Å²) < 4.78 is 25.0. The van der Waals surface area contributed by atoms with Gasteiger partial charge in [-0.15, -0.1) is 0 Å². The van der Waals surface area contributed by atoms with E-state index in [1.54, 1.807) is 13.8 Å². The Morgan fingerprint density at radius 1 is 1.12 bits per heavy atom. The number of nitrogens with one attached hydrogen (secondary N) is 1. The first-order valence-electron chi connectivity index (χ1n) is 13.9. The number of carbonyl (C=O) groups excluding carboxylic acids is 4. The lowest BCUT2D eigenvalue weighted by molar-refractivity contribution is -0.384. The summed E-state index contributed by atoms with van der Waals surface area (Å²) >= 11 is 0. The Balaban J connectivity index is 2.58. The molecule has 1 heterocycles. The molecule has 1 aliphatic heterocycles. The third-order valence-corrected chi connectivity index (χ3v) is 12.2. The van der Waals surface area contributed by atoms with Crippen molar-refractivity contribution in [2.45, 2.75) is 97.2 Å². The smallest absolute Gasteiger partial charge is 0.338 e. The minimum atomic E-state index is -2.56. The second kappa shape index (κ2) is 14.3. The molecule has 43 heavy (non-hydrogen) atoms. The van der Waals surface area contributed by atoms with Crippen molar-refractivity contribution >= 4 is 37.6 Å². The van der Waals surface area contributed by atoms with Crippen molar-refractivity contribution in [3.8, 4) is 0 Å². The van der Waals surface area contributed by atoms with E-state index < -0.39 is 61.7 Å². The fraction of sp³-hybridized carbons (Fsp3) is 0.586. The molecule has 0 spiro atoms. The third-order valence-electron chi connectivity index (χ3n) is 7.74. The molecule has 14 heteroatoms. The van der Waals surface area contributed by atoms with E-state index in [-0.39, 0.29) is 34.3 Å². The monoisotopic (exact) mass is 621 g/mol. The number of hydrogen-bond donors (Lipinski definition) is 1. The van der Waals surface area contributed by atoms with Crippen molar-refractivity contribution in [2.75, 3.05) is 13.7 Å². The molecule has 2 amide bonds. The van der Waals surface area contributed by atoms with Crippen LogP contribution in [0, 0.1) is 10.1 Å². The maximum Gasteiger partial charge on any atom is 0.338 e. The molecule has 5 atom stereocenters. The quantitative estimate of drug-likeness (QED) is 0.120. The van der Waals surface area contributed by atoms with Crippen LogP contribution < -0.4 is 5.32 Å². The lowest BCUT2D eigenvalue weighted by atomic mass is 10.1. The molecule has 238 valence electrons. The zero-order valence-electron chi connectivity index (χ0n) is 26.5. The van der Waals surface area contributed by atoms with Crippen molar-refractivity contribution in [2.24, 2.45) is 0 Å². The molecule has 1 N–H and O–H groups in total. The van der Waals surface area contributed by atoms with Crippen LogP contribution in [0.2, 0.25) is 18.1 Å². The second-order valence-corrected chi connectivity index (χ2v) is 16.7. The molecule has 1 fully saturated rings. The van der Waals surface area contributed by atoms with Crippen LogP contribution in [-0.4, -0.2) is 86.0 Å². The summed E-state index contributed by atoms with van der Waals surface area (Å²) in [6, 6.07) is 4.97. The van der Waals surface area contributed by atoms with Crippen LogP contribution in [0.3, 0.4) is 0 Å². The number of hydrogen-bond acceptors (Lipinski definition) is 10. The van der Waals surface area contributed by atoms with Gasteiger partial charge in [-0.2, -0.15) is 0 Å². The van der Waals surface area contributed by atoms with Crippen molar-refractivity contribution in [3.05, 3.63) is 51.7 Å². The molecule has 0 saturated carbocycles. The minimum absolute atomic E-state index is 0.0895. The van der Waals surface area contributed by atoms with E-state index in [0.717, 1.165) is 0 Å². The van der Waals surface area contributed by atoms with E-state index in [2.05, 4.69) is 5.32 Å². The van der Waals surface area contributed by atoms with Gasteiger partial charge in [-0.25, -0.2) is 4.79 Å². The molecule has 0 aliphatic carbocycles. The van der Waals surface area contributed by atoms with E-state index in [4.69, 9.17) is 18.6 Å². The lowest BCUT2D eigenvalue weighted by Crippen LogP contribution is -2.53. The van der Waals surface area contributed by atoms with Crippen LogP contribution in [0.25, 0.3) is 0 Å². The average Bonchev–Trinajstić information content (AvgIpc) is 3.25. The maximum atomic E-state index is 13.0. The highest BCUT2D eigenvalue weighted by Gasteiger charge is 2.55. The molecule has 0 aromatic heterocycles. The number of nitro benzene ring substituents is 1. The summed E-state index contributed by atoms with van der Waals surface area (Å²) in [5, 5.41) is 13.2. The lowest BCUT2D eigenvalue weighted by Gasteiger charge is -2.41. The molecular weight excluding hydrogens is 578 g/mol. The van der Waals surface area contributed by atoms with Crippen LogP contribution in [0.5, 0.6) is 0 Å². The molecule has 2 rings (SSSR count). The van der Waals surface area contributed by atoms with Gasteiger partial charge in [0.1, 0.15) is 31.0 Å². The highest BCUT2D eigenvalue weighted by atomic mass is 28.4. The number of ether oxygens (including phenoxy) is 3. The molecule has 0 bridgehead atoms. The number of benzene rings is 1. The van der Waals surface area contributed by atoms with E-state index in [0.29, 0.717) is 0 Å². The van der Waals surface area contributed by atoms with Gasteiger partial charge in [0, 0.05) is 37.9 Å². The van der Waals surface area contributed by atoms with Crippen LogP contribution >= 0.6 is 0 Å². The number of esters is 1.